The van der Waals surface area contributed by atoms with E-state index in [1.165, 1.54) is 11.0 Å². The number of likely N-dealkylation sites (tertiary alicyclic amines) is 2. The lowest BCUT2D eigenvalue weighted by Crippen LogP contribution is -2.48. The van der Waals surface area contributed by atoms with Crippen molar-refractivity contribution in [2.24, 2.45) is 0 Å². The van der Waals surface area contributed by atoms with Gasteiger partial charge in [0.2, 0.25) is 11.8 Å². The predicted molar refractivity (Wildman–Crippen MR) is 187 cm³/mol. The number of halogens is 1. The SMILES string of the molecule is CC(C)OC(=O)N[C@@H](C(=O)N1CCC[C@H]1C(=O)Nc1ccc(-c2[nH]c3ccc(NC(=O)[C@@H]4CCCN4C(=O)O)cc3c2F)cc1)c1ccccc1. The van der Waals surface area contributed by atoms with E-state index in [9.17, 15) is 29.1 Å². The van der Waals surface area contributed by atoms with E-state index in [4.69, 9.17) is 4.74 Å². The molecule has 0 saturated carbocycles. The number of amides is 5. The molecule has 2 aliphatic rings. The van der Waals surface area contributed by atoms with Crippen LogP contribution in [0.2, 0.25) is 0 Å². The molecule has 6 rings (SSSR count). The summed E-state index contributed by atoms with van der Waals surface area (Å²) in [6, 6.07) is 17.5. The van der Waals surface area contributed by atoms with Crippen LogP contribution in [0, 0.1) is 5.82 Å². The van der Waals surface area contributed by atoms with Gasteiger partial charge in [0, 0.05) is 40.9 Å². The number of carboxylic acid groups (broad SMARTS) is 1. The van der Waals surface area contributed by atoms with Gasteiger partial charge in [-0.3, -0.25) is 19.3 Å². The summed E-state index contributed by atoms with van der Waals surface area (Å²) in [5.41, 5.74) is 2.57. The molecule has 1 aromatic heterocycles. The van der Waals surface area contributed by atoms with Gasteiger partial charge in [-0.05, 0) is 75.4 Å². The van der Waals surface area contributed by atoms with Gasteiger partial charge < -0.3 is 35.7 Å². The van der Waals surface area contributed by atoms with Crippen molar-refractivity contribution in [2.45, 2.75) is 63.8 Å². The van der Waals surface area contributed by atoms with E-state index in [2.05, 4.69) is 20.9 Å². The number of benzene rings is 3. The fraction of sp³-hybridized carbons (Fsp3) is 0.324. The van der Waals surface area contributed by atoms with E-state index in [1.807, 2.05) is 0 Å². The molecule has 2 fully saturated rings. The molecule has 5 amide bonds. The molecule has 0 spiro atoms. The molecular formula is C37H39FN6O7. The summed E-state index contributed by atoms with van der Waals surface area (Å²) in [7, 11) is 0. The Hall–Kier alpha value is -5.92. The van der Waals surface area contributed by atoms with Gasteiger partial charge in [-0.2, -0.15) is 0 Å². The second kappa shape index (κ2) is 14.9. The topological polar surface area (TPSA) is 173 Å². The molecule has 3 heterocycles. The third kappa shape index (κ3) is 7.64. The Kier molecular flexibility index (Phi) is 10.2. The first kappa shape index (κ1) is 34.9. The Labute approximate surface area is 293 Å². The van der Waals surface area contributed by atoms with Gasteiger partial charge in [0.15, 0.2) is 5.82 Å². The van der Waals surface area contributed by atoms with Gasteiger partial charge in [-0.1, -0.05) is 42.5 Å². The molecule has 2 aliphatic heterocycles. The predicted octanol–water partition coefficient (Wildman–Crippen LogP) is 5.86. The summed E-state index contributed by atoms with van der Waals surface area (Å²) >= 11 is 0. The molecule has 14 heteroatoms. The molecule has 51 heavy (non-hydrogen) atoms. The zero-order valence-corrected chi connectivity index (χ0v) is 28.1. The summed E-state index contributed by atoms with van der Waals surface area (Å²) in [5, 5.41) is 17.8. The van der Waals surface area contributed by atoms with Crippen molar-refractivity contribution >= 4 is 52.2 Å². The number of hydrogen-bond donors (Lipinski definition) is 5. The number of carbonyl (C=O) groups is 5. The third-order valence-corrected chi connectivity index (χ3v) is 9.07. The van der Waals surface area contributed by atoms with E-state index in [1.54, 1.807) is 80.6 Å². The molecule has 2 saturated heterocycles. The Morgan fingerprint density at radius 2 is 1.45 bits per heavy atom. The van der Waals surface area contributed by atoms with Gasteiger partial charge in [0.1, 0.15) is 18.1 Å². The Morgan fingerprint density at radius 1 is 0.843 bits per heavy atom. The lowest BCUT2D eigenvalue weighted by Gasteiger charge is -2.29. The number of H-pyrrole nitrogens is 1. The average molecular weight is 699 g/mol. The standard InChI is InChI=1S/C37H39FN6O7/c1-21(2)51-36(48)42-32(22-8-4-3-5-9-22)35(47)43-18-6-10-28(43)33(45)39-24-14-12-23(13-15-24)31-30(38)26-20-25(16-17-27(26)41-31)40-34(46)29-11-7-19-44(29)37(49)50/h3-5,8-9,12-17,20-21,28-29,32,41H,6-7,10-11,18-19H2,1-2H3,(H,39,45)(H,40,46)(H,42,48)(H,49,50)/t28-,29-,32+/m0/s1. The maximum atomic E-state index is 15.7. The van der Waals surface area contributed by atoms with Crippen LogP contribution in [-0.2, 0) is 19.1 Å². The van der Waals surface area contributed by atoms with Crippen LogP contribution in [0.4, 0.5) is 25.4 Å². The van der Waals surface area contributed by atoms with Crippen molar-refractivity contribution in [1.82, 2.24) is 20.1 Å². The molecule has 4 aromatic rings. The zero-order chi connectivity index (χ0) is 36.2. The highest BCUT2D eigenvalue weighted by atomic mass is 19.1. The number of fused-ring (bicyclic) bond motifs is 1. The first-order valence-electron chi connectivity index (χ1n) is 16.9. The number of anilines is 2. The van der Waals surface area contributed by atoms with E-state index in [-0.39, 0.29) is 29.6 Å². The van der Waals surface area contributed by atoms with Crippen molar-refractivity contribution in [3.05, 3.63) is 84.2 Å². The Bertz CT molecular complexity index is 1950. The molecule has 5 N–H and O–H groups in total. The summed E-state index contributed by atoms with van der Waals surface area (Å²) in [6.07, 6.45) is -0.228. The van der Waals surface area contributed by atoms with Crippen molar-refractivity contribution in [3.8, 4) is 11.3 Å². The Morgan fingerprint density at radius 3 is 2.10 bits per heavy atom. The monoisotopic (exact) mass is 698 g/mol. The third-order valence-electron chi connectivity index (χ3n) is 9.07. The highest BCUT2D eigenvalue weighted by Gasteiger charge is 2.39. The van der Waals surface area contributed by atoms with Crippen LogP contribution in [0.3, 0.4) is 0 Å². The van der Waals surface area contributed by atoms with Crippen molar-refractivity contribution in [1.29, 1.82) is 0 Å². The van der Waals surface area contributed by atoms with Crippen LogP contribution in [0.25, 0.3) is 22.2 Å². The minimum atomic E-state index is -1.15. The minimum absolute atomic E-state index is 0.210. The lowest BCUT2D eigenvalue weighted by molar-refractivity contribution is -0.138. The first-order chi connectivity index (χ1) is 24.5. The molecule has 3 aromatic carbocycles. The number of nitrogens with zero attached hydrogens (tertiary/aromatic N) is 2. The highest BCUT2D eigenvalue weighted by Crippen LogP contribution is 2.32. The molecular weight excluding hydrogens is 659 g/mol. The smallest absolute Gasteiger partial charge is 0.408 e. The summed E-state index contributed by atoms with van der Waals surface area (Å²) in [6.45, 7) is 4.04. The first-order valence-corrected chi connectivity index (χ1v) is 16.9. The lowest BCUT2D eigenvalue weighted by atomic mass is 10.0. The number of rotatable bonds is 9. The minimum Gasteiger partial charge on any atom is -0.465 e. The van der Waals surface area contributed by atoms with E-state index < -0.39 is 47.9 Å². The number of aromatic nitrogens is 1. The number of aromatic amines is 1. The second-order valence-corrected chi connectivity index (χ2v) is 12.9. The second-order valence-electron chi connectivity index (χ2n) is 12.9. The van der Waals surface area contributed by atoms with Crippen LogP contribution in [-0.4, -0.2) is 81.1 Å². The number of nitrogens with one attached hydrogen (secondary N) is 4. The van der Waals surface area contributed by atoms with Crippen LogP contribution in [0.5, 0.6) is 0 Å². The number of alkyl carbamates (subject to hydrolysis) is 1. The van der Waals surface area contributed by atoms with Gasteiger partial charge >= 0.3 is 12.2 Å². The van der Waals surface area contributed by atoms with Crippen LogP contribution < -0.4 is 16.0 Å². The fourth-order valence-corrected chi connectivity index (χ4v) is 6.64. The molecule has 0 bridgehead atoms. The fourth-order valence-electron chi connectivity index (χ4n) is 6.64. The maximum absolute atomic E-state index is 15.7. The summed E-state index contributed by atoms with van der Waals surface area (Å²) in [5.74, 6) is -1.81. The van der Waals surface area contributed by atoms with Crippen molar-refractivity contribution < 1.29 is 38.2 Å². The average Bonchev–Trinajstić information content (AvgIpc) is 3.87. The summed E-state index contributed by atoms with van der Waals surface area (Å²) in [4.78, 5) is 69.7. The molecule has 266 valence electrons. The largest absolute Gasteiger partial charge is 0.465 e. The molecule has 0 aliphatic carbocycles. The molecule has 13 nitrogen and oxygen atoms in total. The zero-order valence-electron chi connectivity index (χ0n) is 28.1. The number of hydrogen-bond acceptors (Lipinski definition) is 6. The van der Waals surface area contributed by atoms with Crippen LogP contribution in [0.15, 0.2) is 72.8 Å². The van der Waals surface area contributed by atoms with Crippen LogP contribution in [0.1, 0.15) is 51.1 Å². The van der Waals surface area contributed by atoms with Gasteiger partial charge in [0.05, 0.1) is 11.8 Å². The number of ether oxygens (including phenoxy) is 1. The number of carbonyl (C=O) groups excluding carboxylic acids is 4. The Balaban J connectivity index is 1.13. The van der Waals surface area contributed by atoms with Gasteiger partial charge in [-0.15, -0.1) is 0 Å². The molecule has 0 radical (unpaired) electrons. The molecule has 3 atom stereocenters. The van der Waals surface area contributed by atoms with E-state index in [0.717, 1.165) is 4.90 Å². The van der Waals surface area contributed by atoms with Gasteiger partial charge in [0.25, 0.3) is 5.91 Å². The highest BCUT2D eigenvalue weighted by molar-refractivity contribution is 6.00. The maximum Gasteiger partial charge on any atom is 0.408 e. The van der Waals surface area contributed by atoms with E-state index >= 15 is 4.39 Å². The normalized spacial score (nSPS) is 17.7. The van der Waals surface area contributed by atoms with E-state index in [0.29, 0.717) is 60.2 Å². The van der Waals surface area contributed by atoms with Crippen molar-refractivity contribution in [2.75, 3.05) is 23.7 Å². The molecule has 0 unspecified atom stereocenters. The van der Waals surface area contributed by atoms with Crippen LogP contribution >= 0.6 is 0 Å². The van der Waals surface area contributed by atoms with Crippen molar-refractivity contribution in [3.63, 3.8) is 0 Å². The quantitative estimate of drug-likeness (QED) is 0.146. The summed E-state index contributed by atoms with van der Waals surface area (Å²) < 4.78 is 20.9. The van der Waals surface area contributed by atoms with Gasteiger partial charge in [-0.25, -0.2) is 14.0 Å².